The van der Waals surface area contributed by atoms with Crippen molar-refractivity contribution in [1.82, 2.24) is 15.0 Å². The molecule has 0 bridgehead atoms. The number of carbonyl (C=O) groups excluding carboxylic acids is 1. The Kier molecular flexibility index (Phi) is 7.81. The molecule has 3 atom stereocenters. The lowest BCUT2D eigenvalue weighted by Gasteiger charge is -2.13. The van der Waals surface area contributed by atoms with Gasteiger partial charge in [0.05, 0.1) is 23.2 Å². The van der Waals surface area contributed by atoms with Gasteiger partial charge in [-0.2, -0.15) is 5.26 Å². The van der Waals surface area contributed by atoms with E-state index in [1.54, 1.807) is 18.5 Å². The number of nitriles is 1. The van der Waals surface area contributed by atoms with E-state index < -0.39 is 24.1 Å². The third-order valence-electron chi connectivity index (χ3n) is 5.43. The van der Waals surface area contributed by atoms with Crippen LogP contribution in [0.5, 0.6) is 0 Å². The van der Waals surface area contributed by atoms with Gasteiger partial charge in [0.25, 0.3) is 6.47 Å². The molecular weight excluding hydrogens is 441 g/mol. The number of hydrogen-bond donors (Lipinski definition) is 3. The topological polar surface area (TPSA) is 149 Å². The largest absolute Gasteiger partial charge is 0.483 e. The molecule has 1 aliphatic carbocycles. The molecule has 1 unspecified atom stereocenters. The van der Waals surface area contributed by atoms with Crippen LogP contribution < -0.4 is 5.32 Å². The Labute approximate surface area is 195 Å². The van der Waals surface area contributed by atoms with E-state index >= 15 is 0 Å². The van der Waals surface area contributed by atoms with Crippen LogP contribution in [0.1, 0.15) is 49.2 Å². The first-order chi connectivity index (χ1) is 16.3. The number of nitrogens with one attached hydrogen (secondary N) is 1. The number of fused-ring (bicyclic) bond motifs is 1. The molecule has 3 heterocycles. The van der Waals surface area contributed by atoms with Crippen LogP contribution in [0.4, 0.5) is 10.2 Å². The summed E-state index contributed by atoms with van der Waals surface area (Å²) in [6.07, 6.45) is 3.22. The maximum Gasteiger partial charge on any atom is 0.290 e. The van der Waals surface area contributed by atoms with Crippen molar-refractivity contribution in [2.24, 2.45) is 5.92 Å². The molecule has 176 valence electrons. The summed E-state index contributed by atoms with van der Waals surface area (Å²) in [5.74, 6) is -0.742. The van der Waals surface area contributed by atoms with E-state index in [0.717, 1.165) is 17.5 Å². The Morgan fingerprint density at radius 3 is 2.62 bits per heavy atom. The number of carboxylic acid groups (broad SMARTS) is 1. The van der Waals surface area contributed by atoms with Gasteiger partial charge in [-0.3, -0.25) is 14.6 Å². The van der Waals surface area contributed by atoms with Crippen molar-refractivity contribution in [3.8, 4) is 17.2 Å². The number of aromatic nitrogens is 3. The quantitative estimate of drug-likeness (QED) is 0.467. The number of alkyl halides is 1. The molecule has 1 saturated carbocycles. The third-order valence-corrected chi connectivity index (χ3v) is 5.43. The molecule has 1 amide bonds. The first-order valence-corrected chi connectivity index (χ1v) is 10.7. The molecule has 0 aliphatic heterocycles. The summed E-state index contributed by atoms with van der Waals surface area (Å²) in [4.78, 5) is 33.4. The fourth-order valence-electron chi connectivity index (χ4n) is 3.54. The number of pyridine rings is 3. The van der Waals surface area contributed by atoms with Crippen LogP contribution in [-0.2, 0) is 9.59 Å². The lowest BCUT2D eigenvalue weighted by Crippen LogP contribution is -2.15. The lowest BCUT2D eigenvalue weighted by molar-refractivity contribution is -0.123. The second-order valence-corrected chi connectivity index (χ2v) is 7.94. The normalized spacial score (nSPS) is 17.1. The highest BCUT2D eigenvalue weighted by molar-refractivity contribution is 5.96. The smallest absolute Gasteiger partial charge is 0.290 e. The number of aryl methyl sites for hydroxylation is 1. The molecule has 9 nitrogen and oxygen atoms in total. The predicted molar refractivity (Wildman–Crippen MR) is 122 cm³/mol. The summed E-state index contributed by atoms with van der Waals surface area (Å²) in [7, 11) is 0. The minimum atomic E-state index is -1.09. The van der Waals surface area contributed by atoms with E-state index in [9.17, 15) is 19.6 Å². The Bertz CT molecular complexity index is 1260. The van der Waals surface area contributed by atoms with E-state index in [2.05, 4.69) is 26.3 Å². The number of nitrogens with zero attached hydrogens (tertiary/aromatic N) is 4. The van der Waals surface area contributed by atoms with Crippen molar-refractivity contribution >= 4 is 29.1 Å². The molecule has 34 heavy (non-hydrogen) atoms. The van der Waals surface area contributed by atoms with Gasteiger partial charge in [-0.05, 0) is 37.5 Å². The molecule has 0 spiro atoms. The van der Waals surface area contributed by atoms with Gasteiger partial charge in [0.1, 0.15) is 23.8 Å². The highest BCUT2D eigenvalue weighted by Crippen LogP contribution is 2.35. The summed E-state index contributed by atoms with van der Waals surface area (Å²) < 4.78 is 13.1. The summed E-state index contributed by atoms with van der Waals surface area (Å²) in [6.45, 7) is 3.65. The Hall–Kier alpha value is -3.97. The molecule has 0 radical (unpaired) electrons. The molecule has 1 fully saturated rings. The van der Waals surface area contributed by atoms with Crippen molar-refractivity contribution in [2.45, 2.75) is 45.4 Å². The van der Waals surface area contributed by atoms with Crippen LogP contribution in [0, 0.1) is 24.2 Å². The van der Waals surface area contributed by atoms with E-state index in [0.29, 0.717) is 28.6 Å². The number of carbonyl (C=O) groups is 2. The maximum absolute atomic E-state index is 13.1. The number of amides is 1. The van der Waals surface area contributed by atoms with Gasteiger partial charge in [-0.25, -0.2) is 14.4 Å². The fourth-order valence-corrected chi connectivity index (χ4v) is 3.54. The van der Waals surface area contributed by atoms with Crippen molar-refractivity contribution in [1.29, 1.82) is 5.26 Å². The Morgan fingerprint density at radius 2 is 2.03 bits per heavy atom. The molecule has 10 heteroatoms. The molecule has 0 aromatic carbocycles. The minimum absolute atomic E-state index is 0.216. The predicted octanol–water partition coefficient (Wildman–Crippen LogP) is 3.70. The standard InChI is InChI=1S/C23H22FN5O2.CH2O2/c1-3-4-21(30)19-5-12(2)16(11-26-19)14-6-13-10-27-22(8-18(13)28-20(14)9-25)29-23(31)15-7-17(15)24;2-1-3/h5-6,8,10-11,15,17,21,30H,3-4,7H2,1-2H3,(H,27,29,31);1H,(H,2,3)/t15-,17+,21?;/m0./s1. The minimum Gasteiger partial charge on any atom is -0.483 e. The first-order valence-electron chi connectivity index (χ1n) is 10.7. The summed E-state index contributed by atoms with van der Waals surface area (Å²) >= 11 is 0. The molecule has 3 aromatic rings. The van der Waals surface area contributed by atoms with Gasteiger partial charge >= 0.3 is 0 Å². The monoisotopic (exact) mass is 465 g/mol. The zero-order valence-electron chi connectivity index (χ0n) is 18.7. The SMILES string of the molecule is CCCC(O)c1cc(C)c(-c2cc3cnc(NC(=O)[C@H]4C[C@H]4F)cc3nc2C#N)cn1.O=CO. The molecule has 3 N–H and O–H groups in total. The summed E-state index contributed by atoms with van der Waals surface area (Å²) in [5, 5.41) is 30.1. The average Bonchev–Trinajstić information content (AvgIpc) is 3.55. The van der Waals surface area contributed by atoms with Crippen LogP contribution >= 0.6 is 0 Å². The molecule has 1 aliphatic rings. The summed E-state index contributed by atoms with van der Waals surface area (Å²) in [5.41, 5.74) is 3.56. The van der Waals surface area contributed by atoms with Gasteiger partial charge in [0.2, 0.25) is 5.91 Å². The van der Waals surface area contributed by atoms with E-state index in [-0.39, 0.29) is 24.4 Å². The second-order valence-electron chi connectivity index (χ2n) is 7.94. The van der Waals surface area contributed by atoms with Crippen LogP contribution in [0.2, 0.25) is 0 Å². The Balaban J connectivity index is 0.00000103. The van der Waals surface area contributed by atoms with Gasteiger partial charge < -0.3 is 15.5 Å². The number of halogens is 1. The zero-order chi connectivity index (χ0) is 24.8. The lowest BCUT2D eigenvalue weighted by atomic mass is 9.98. The van der Waals surface area contributed by atoms with Gasteiger partial charge in [-0.15, -0.1) is 0 Å². The molecule has 3 aromatic heterocycles. The van der Waals surface area contributed by atoms with Gasteiger partial charge in [0.15, 0.2) is 0 Å². The van der Waals surface area contributed by atoms with Gasteiger partial charge in [0, 0.05) is 35.0 Å². The molecule has 4 rings (SSSR count). The summed E-state index contributed by atoms with van der Waals surface area (Å²) in [6, 6.07) is 7.33. The Morgan fingerprint density at radius 1 is 1.32 bits per heavy atom. The second kappa shape index (κ2) is 10.8. The number of aliphatic hydroxyl groups excluding tert-OH is 1. The number of hydrogen-bond acceptors (Lipinski definition) is 7. The van der Waals surface area contributed by atoms with Gasteiger partial charge in [-0.1, -0.05) is 13.3 Å². The first kappa shape index (κ1) is 24.7. The van der Waals surface area contributed by atoms with Crippen LogP contribution in [0.15, 0.2) is 30.6 Å². The molecular formula is C24H24FN5O4. The maximum atomic E-state index is 13.1. The highest BCUT2D eigenvalue weighted by Gasteiger charge is 2.43. The van der Waals surface area contributed by atoms with Crippen molar-refractivity contribution in [3.05, 3.63) is 47.5 Å². The van der Waals surface area contributed by atoms with Crippen LogP contribution in [0.25, 0.3) is 22.0 Å². The highest BCUT2D eigenvalue weighted by atomic mass is 19.1. The fraction of sp³-hybridized carbons (Fsp3) is 0.333. The number of rotatable bonds is 6. The van der Waals surface area contributed by atoms with E-state index in [1.165, 1.54) is 0 Å². The van der Waals surface area contributed by atoms with E-state index in [4.69, 9.17) is 9.90 Å². The zero-order valence-corrected chi connectivity index (χ0v) is 18.7. The van der Waals surface area contributed by atoms with Crippen LogP contribution in [0.3, 0.4) is 0 Å². The van der Waals surface area contributed by atoms with Crippen molar-refractivity contribution in [3.63, 3.8) is 0 Å². The van der Waals surface area contributed by atoms with Crippen molar-refractivity contribution < 1.29 is 24.2 Å². The third kappa shape index (κ3) is 5.50. The van der Waals surface area contributed by atoms with E-state index in [1.807, 2.05) is 26.0 Å². The number of aliphatic hydroxyl groups is 1. The van der Waals surface area contributed by atoms with Crippen LogP contribution in [-0.4, -0.2) is 43.7 Å². The number of anilines is 1. The molecule has 0 saturated heterocycles. The van der Waals surface area contributed by atoms with Crippen molar-refractivity contribution in [2.75, 3.05) is 5.32 Å². The average molecular weight is 465 g/mol.